The van der Waals surface area contributed by atoms with Crippen LogP contribution in [0.4, 0.5) is 4.79 Å². The van der Waals surface area contributed by atoms with Gasteiger partial charge in [0.05, 0.1) is 31.4 Å². The number of piperazine rings is 1. The lowest BCUT2D eigenvalue weighted by molar-refractivity contribution is 0.108. The maximum Gasteiger partial charge on any atom is 0.326 e. The lowest BCUT2D eigenvalue weighted by Crippen LogP contribution is -2.54. The lowest BCUT2D eigenvalue weighted by atomic mass is 9.93. The van der Waals surface area contributed by atoms with E-state index in [1.165, 1.54) is 0 Å². The van der Waals surface area contributed by atoms with Gasteiger partial charge in [-0.1, -0.05) is 47.5 Å². The molecule has 0 aliphatic carbocycles. The smallest absolute Gasteiger partial charge is 0.326 e. The van der Waals surface area contributed by atoms with Crippen molar-refractivity contribution in [2.45, 2.75) is 32.0 Å². The van der Waals surface area contributed by atoms with Crippen molar-refractivity contribution in [1.29, 1.82) is 0 Å². The Hall–Kier alpha value is -3.30. The Morgan fingerprint density at radius 1 is 0.952 bits per heavy atom. The van der Waals surface area contributed by atoms with Crippen LogP contribution in [0, 0.1) is 0 Å². The molecule has 2 aliphatic heterocycles. The summed E-state index contributed by atoms with van der Waals surface area (Å²) in [6.45, 7) is 7.05. The minimum Gasteiger partial charge on any atom is -0.497 e. The highest BCUT2D eigenvalue weighted by atomic mass is 35.5. The van der Waals surface area contributed by atoms with E-state index in [-0.39, 0.29) is 18.7 Å². The second-order valence-corrected chi connectivity index (χ2v) is 11.6. The number of halogens is 2. The number of ether oxygens (including phenoxy) is 2. The first kappa shape index (κ1) is 30.2. The van der Waals surface area contributed by atoms with Gasteiger partial charge in [-0.05, 0) is 61.4 Å². The molecule has 10 heteroatoms. The Bertz CT molecular complexity index is 1410. The lowest BCUT2D eigenvalue weighted by Gasteiger charge is -2.39. The molecule has 1 fully saturated rings. The number of rotatable bonds is 8. The Labute approximate surface area is 257 Å². The Morgan fingerprint density at radius 2 is 1.57 bits per heavy atom. The summed E-state index contributed by atoms with van der Waals surface area (Å²) < 4.78 is 11.8. The molecule has 2 amide bonds. The number of aliphatic imine (C=N–C) groups is 1. The number of β-amino-alcohol motifs (C(OH)–C–C–N with tert-alkyl or cyclic N) is 1. The zero-order chi connectivity index (χ0) is 29.8. The summed E-state index contributed by atoms with van der Waals surface area (Å²) in [6.07, 6.45) is -0.110. The van der Waals surface area contributed by atoms with Gasteiger partial charge in [0.1, 0.15) is 23.4 Å². The average Bonchev–Trinajstić information content (AvgIpc) is 3.38. The van der Waals surface area contributed by atoms with Gasteiger partial charge in [0.15, 0.2) is 0 Å². The molecule has 1 N–H and O–H groups in total. The standard InChI is InChI=1S/C32H36Cl2N4O4/c1-21(2)42-28-20-26(41-3)12-13-27(28)31-35-29(22-4-8-24(33)9-5-22)30(23-6-10-25(34)11-7-23)38(31)32(40)37-16-14-36(15-17-37)18-19-39/h4-13,20-21,29-30,39H,14-19H2,1-3H3. The zero-order valence-electron chi connectivity index (χ0n) is 24.0. The van der Waals surface area contributed by atoms with Crippen LogP contribution in [-0.4, -0.2) is 84.2 Å². The van der Waals surface area contributed by atoms with Crippen LogP contribution in [0.2, 0.25) is 10.0 Å². The number of benzene rings is 3. The predicted molar refractivity (Wildman–Crippen MR) is 166 cm³/mol. The number of urea groups is 1. The van der Waals surface area contributed by atoms with Gasteiger partial charge in [0, 0.05) is 48.8 Å². The summed E-state index contributed by atoms with van der Waals surface area (Å²) >= 11 is 12.5. The van der Waals surface area contributed by atoms with Gasteiger partial charge in [0.25, 0.3) is 0 Å². The van der Waals surface area contributed by atoms with E-state index in [0.717, 1.165) is 11.1 Å². The van der Waals surface area contributed by atoms with E-state index < -0.39 is 12.1 Å². The summed E-state index contributed by atoms with van der Waals surface area (Å²) in [5.74, 6) is 1.76. The molecule has 3 aromatic carbocycles. The zero-order valence-corrected chi connectivity index (χ0v) is 25.6. The first-order chi connectivity index (χ1) is 20.3. The first-order valence-corrected chi connectivity index (χ1v) is 14.9. The van der Waals surface area contributed by atoms with Gasteiger partial charge in [-0.3, -0.25) is 14.8 Å². The molecule has 222 valence electrons. The summed E-state index contributed by atoms with van der Waals surface area (Å²) in [5.41, 5.74) is 2.54. The van der Waals surface area contributed by atoms with Gasteiger partial charge < -0.3 is 19.5 Å². The first-order valence-electron chi connectivity index (χ1n) is 14.1. The SMILES string of the molecule is COc1ccc(C2=NC(c3ccc(Cl)cc3)C(c3ccc(Cl)cc3)N2C(=O)N2CCN(CCO)CC2)c(OC(C)C)c1. The highest BCUT2D eigenvalue weighted by Crippen LogP contribution is 2.46. The molecule has 2 heterocycles. The molecule has 42 heavy (non-hydrogen) atoms. The fourth-order valence-electron chi connectivity index (χ4n) is 5.48. The van der Waals surface area contributed by atoms with E-state index in [2.05, 4.69) is 4.90 Å². The molecule has 1 saturated heterocycles. The van der Waals surface area contributed by atoms with Crippen LogP contribution in [0.25, 0.3) is 0 Å². The summed E-state index contributed by atoms with van der Waals surface area (Å²) in [6, 6.07) is 19.8. The average molecular weight is 612 g/mol. The second kappa shape index (κ2) is 13.3. The van der Waals surface area contributed by atoms with Crippen molar-refractivity contribution >= 4 is 35.1 Å². The minimum absolute atomic E-state index is 0.0917. The summed E-state index contributed by atoms with van der Waals surface area (Å²) in [4.78, 5) is 25.7. The number of amidine groups is 1. The highest BCUT2D eigenvalue weighted by Gasteiger charge is 2.45. The van der Waals surface area contributed by atoms with Crippen molar-refractivity contribution in [3.05, 3.63) is 93.5 Å². The molecule has 2 aliphatic rings. The van der Waals surface area contributed by atoms with Gasteiger partial charge in [0.2, 0.25) is 0 Å². The molecule has 2 unspecified atom stereocenters. The number of aliphatic hydroxyl groups excluding tert-OH is 1. The Kier molecular flexibility index (Phi) is 9.58. The monoisotopic (exact) mass is 610 g/mol. The van der Waals surface area contributed by atoms with E-state index in [4.69, 9.17) is 37.7 Å². The maximum absolute atomic E-state index is 14.6. The number of hydrogen-bond donors (Lipinski definition) is 1. The predicted octanol–water partition coefficient (Wildman–Crippen LogP) is 6.06. The van der Waals surface area contributed by atoms with E-state index in [9.17, 15) is 9.90 Å². The van der Waals surface area contributed by atoms with Crippen molar-refractivity contribution in [2.24, 2.45) is 4.99 Å². The van der Waals surface area contributed by atoms with Crippen molar-refractivity contribution in [3.63, 3.8) is 0 Å². The normalized spacial score (nSPS) is 19.3. The number of carbonyl (C=O) groups excluding carboxylic acids is 1. The Balaban J connectivity index is 1.65. The highest BCUT2D eigenvalue weighted by molar-refractivity contribution is 6.30. The van der Waals surface area contributed by atoms with Crippen LogP contribution in [0.15, 0.2) is 71.7 Å². The van der Waals surface area contributed by atoms with Gasteiger partial charge in [-0.2, -0.15) is 0 Å². The number of amides is 2. The van der Waals surface area contributed by atoms with Gasteiger partial charge in [-0.25, -0.2) is 4.79 Å². The van der Waals surface area contributed by atoms with Crippen molar-refractivity contribution < 1.29 is 19.4 Å². The van der Waals surface area contributed by atoms with Crippen LogP contribution >= 0.6 is 23.2 Å². The molecule has 3 aromatic rings. The van der Waals surface area contributed by atoms with Crippen LogP contribution in [0.3, 0.4) is 0 Å². The van der Waals surface area contributed by atoms with Crippen LogP contribution in [0.1, 0.15) is 42.6 Å². The summed E-state index contributed by atoms with van der Waals surface area (Å²) in [7, 11) is 1.61. The number of nitrogens with zero attached hydrogens (tertiary/aromatic N) is 4. The summed E-state index contributed by atoms with van der Waals surface area (Å²) in [5, 5.41) is 10.6. The number of methoxy groups -OCH3 is 1. The van der Waals surface area contributed by atoms with Crippen LogP contribution in [-0.2, 0) is 0 Å². The fourth-order valence-corrected chi connectivity index (χ4v) is 5.73. The van der Waals surface area contributed by atoms with Crippen LogP contribution < -0.4 is 9.47 Å². The van der Waals surface area contributed by atoms with E-state index in [1.54, 1.807) is 12.0 Å². The molecule has 2 atom stereocenters. The van der Waals surface area contributed by atoms with Crippen LogP contribution in [0.5, 0.6) is 11.5 Å². The molecular weight excluding hydrogens is 575 g/mol. The topological polar surface area (TPSA) is 77.8 Å². The van der Waals surface area contributed by atoms with E-state index in [0.29, 0.717) is 65.7 Å². The minimum atomic E-state index is -0.449. The van der Waals surface area contributed by atoms with Crippen molar-refractivity contribution in [1.82, 2.24) is 14.7 Å². The third-order valence-corrected chi connectivity index (χ3v) is 8.05. The molecule has 0 saturated carbocycles. The number of aliphatic hydroxyl groups is 1. The molecule has 0 spiro atoms. The number of hydrogen-bond acceptors (Lipinski definition) is 6. The van der Waals surface area contributed by atoms with Crippen molar-refractivity contribution in [2.75, 3.05) is 46.4 Å². The third kappa shape index (κ3) is 6.52. The number of carbonyl (C=O) groups is 1. The quantitative estimate of drug-likeness (QED) is 0.335. The maximum atomic E-state index is 14.6. The largest absolute Gasteiger partial charge is 0.497 e. The molecule has 0 bridgehead atoms. The third-order valence-electron chi connectivity index (χ3n) is 7.55. The molecular formula is C32H36Cl2N4O4. The second-order valence-electron chi connectivity index (χ2n) is 10.7. The fraction of sp³-hybridized carbons (Fsp3) is 0.375. The van der Waals surface area contributed by atoms with E-state index >= 15 is 0 Å². The molecule has 0 aromatic heterocycles. The van der Waals surface area contributed by atoms with E-state index in [1.807, 2.05) is 85.5 Å². The molecule has 8 nitrogen and oxygen atoms in total. The van der Waals surface area contributed by atoms with Crippen molar-refractivity contribution in [3.8, 4) is 11.5 Å². The Morgan fingerprint density at radius 3 is 2.14 bits per heavy atom. The molecule has 0 radical (unpaired) electrons. The van der Waals surface area contributed by atoms with Gasteiger partial charge >= 0.3 is 6.03 Å². The van der Waals surface area contributed by atoms with Gasteiger partial charge in [-0.15, -0.1) is 0 Å². The molecule has 5 rings (SSSR count).